The first-order valence-corrected chi connectivity index (χ1v) is 7.48. The molecule has 1 amide bonds. The lowest BCUT2D eigenvalue weighted by atomic mass is 10.2. The van der Waals surface area contributed by atoms with Gasteiger partial charge in [0, 0.05) is 22.7 Å². The largest absolute Gasteiger partial charge is 0.502 e. The highest BCUT2D eigenvalue weighted by atomic mass is 16.5. The van der Waals surface area contributed by atoms with Crippen LogP contribution in [0.2, 0.25) is 0 Å². The zero-order chi connectivity index (χ0) is 17.8. The predicted octanol–water partition coefficient (Wildman–Crippen LogP) is 2.65. The Morgan fingerprint density at radius 3 is 2.56 bits per heavy atom. The molecule has 0 aliphatic carbocycles. The third-order valence-electron chi connectivity index (χ3n) is 3.72. The van der Waals surface area contributed by atoms with Crippen LogP contribution >= 0.6 is 0 Å². The lowest BCUT2D eigenvalue weighted by molar-refractivity contribution is 0.0957. The number of nitrogens with one attached hydrogen (secondary N) is 2. The average Bonchev–Trinajstić information content (AvgIpc) is 3.07. The Kier molecular flexibility index (Phi) is 4.56. The molecule has 0 radical (unpaired) electrons. The van der Waals surface area contributed by atoms with Crippen molar-refractivity contribution < 1.29 is 19.4 Å². The molecule has 0 aliphatic heterocycles. The highest BCUT2D eigenvalue weighted by Crippen LogP contribution is 2.36. The number of H-pyrrole nitrogens is 1. The van der Waals surface area contributed by atoms with Crippen LogP contribution in [0.1, 0.15) is 15.9 Å². The predicted molar refractivity (Wildman–Crippen MR) is 94.6 cm³/mol. The van der Waals surface area contributed by atoms with Crippen molar-refractivity contribution in [1.29, 1.82) is 0 Å². The summed E-state index contributed by atoms with van der Waals surface area (Å²) in [6, 6.07) is 10.7. The molecular formula is C18H17N3O4. The van der Waals surface area contributed by atoms with Crippen molar-refractivity contribution in [2.24, 2.45) is 5.10 Å². The number of carbonyl (C=O) groups is 1. The van der Waals surface area contributed by atoms with E-state index in [1.165, 1.54) is 20.4 Å². The fourth-order valence-corrected chi connectivity index (χ4v) is 2.47. The van der Waals surface area contributed by atoms with E-state index in [1.807, 2.05) is 24.3 Å². The number of rotatable bonds is 5. The number of fused-ring (bicyclic) bond motifs is 1. The molecule has 3 aromatic rings. The quantitative estimate of drug-likeness (QED) is 0.492. The monoisotopic (exact) mass is 339 g/mol. The maximum absolute atomic E-state index is 12.3. The number of benzene rings is 2. The van der Waals surface area contributed by atoms with E-state index in [0.29, 0.717) is 11.1 Å². The third-order valence-corrected chi connectivity index (χ3v) is 3.72. The van der Waals surface area contributed by atoms with Gasteiger partial charge in [-0.1, -0.05) is 18.2 Å². The van der Waals surface area contributed by atoms with Crippen LogP contribution in [-0.2, 0) is 0 Å². The summed E-state index contributed by atoms with van der Waals surface area (Å²) in [7, 11) is 2.88. The van der Waals surface area contributed by atoms with E-state index in [0.717, 1.165) is 10.9 Å². The maximum atomic E-state index is 12.3. The Morgan fingerprint density at radius 2 is 1.88 bits per heavy atom. The Balaban J connectivity index is 1.78. The molecule has 0 saturated heterocycles. The molecule has 7 nitrogen and oxygen atoms in total. The number of hydrazone groups is 1. The van der Waals surface area contributed by atoms with Crippen LogP contribution < -0.4 is 14.9 Å². The fourth-order valence-electron chi connectivity index (χ4n) is 2.47. The number of hydrogen-bond donors (Lipinski definition) is 3. The molecule has 128 valence electrons. The van der Waals surface area contributed by atoms with Gasteiger partial charge in [0.15, 0.2) is 11.5 Å². The Morgan fingerprint density at radius 1 is 1.20 bits per heavy atom. The molecule has 25 heavy (non-hydrogen) atoms. The molecule has 1 heterocycles. The number of methoxy groups -OCH3 is 2. The molecule has 2 aromatic carbocycles. The van der Waals surface area contributed by atoms with E-state index >= 15 is 0 Å². The summed E-state index contributed by atoms with van der Waals surface area (Å²) in [5, 5.41) is 14.7. The number of aromatic nitrogens is 1. The maximum Gasteiger partial charge on any atom is 0.273 e. The lowest BCUT2D eigenvalue weighted by Crippen LogP contribution is -2.17. The van der Waals surface area contributed by atoms with Crippen molar-refractivity contribution in [3.8, 4) is 17.2 Å². The SMILES string of the molecule is COc1cc(/C=N/NC(=O)c2c[nH]c3ccccc23)cc(OC)c1O. The second-order valence-corrected chi connectivity index (χ2v) is 5.22. The summed E-state index contributed by atoms with van der Waals surface area (Å²) < 4.78 is 10.2. The number of ether oxygens (including phenoxy) is 2. The normalized spacial score (nSPS) is 11.0. The molecule has 0 bridgehead atoms. The Hall–Kier alpha value is -3.48. The molecule has 1 aromatic heterocycles. The van der Waals surface area contributed by atoms with Crippen molar-refractivity contribution in [3.05, 3.63) is 53.7 Å². The summed E-state index contributed by atoms with van der Waals surface area (Å²) in [5.41, 5.74) is 4.47. The van der Waals surface area contributed by atoms with Crippen molar-refractivity contribution in [2.45, 2.75) is 0 Å². The molecule has 0 atom stereocenters. The summed E-state index contributed by atoms with van der Waals surface area (Å²) >= 11 is 0. The minimum atomic E-state index is -0.327. The fraction of sp³-hybridized carbons (Fsp3) is 0.111. The molecule has 0 unspecified atom stereocenters. The number of amides is 1. The number of aromatic hydroxyl groups is 1. The second-order valence-electron chi connectivity index (χ2n) is 5.22. The van der Waals surface area contributed by atoms with Crippen molar-refractivity contribution in [3.63, 3.8) is 0 Å². The van der Waals surface area contributed by atoms with Gasteiger partial charge in [0.1, 0.15) is 0 Å². The molecule has 0 fully saturated rings. The van der Waals surface area contributed by atoms with E-state index in [2.05, 4.69) is 15.5 Å². The van der Waals surface area contributed by atoms with E-state index in [9.17, 15) is 9.90 Å². The van der Waals surface area contributed by atoms with Crippen LogP contribution in [0.5, 0.6) is 17.2 Å². The molecule has 0 spiro atoms. The van der Waals surface area contributed by atoms with Crippen molar-refractivity contribution in [2.75, 3.05) is 14.2 Å². The lowest BCUT2D eigenvalue weighted by Gasteiger charge is -2.09. The van der Waals surface area contributed by atoms with Gasteiger partial charge >= 0.3 is 0 Å². The van der Waals surface area contributed by atoms with E-state index in [1.54, 1.807) is 18.3 Å². The summed E-state index contributed by atoms with van der Waals surface area (Å²) in [5.74, 6) is 0.0869. The number of hydrogen-bond acceptors (Lipinski definition) is 5. The first kappa shape index (κ1) is 16.4. The molecule has 0 aliphatic rings. The zero-order valence-electron chi connectivity index (χ0n) is 13.7. The molecular weight excluding hydrogens is 322 g/mol. The average molecular weight is 339 g/mol. The van der Waals surface area contributed by atoms with Crippen LogP contribution in [0.25, 0.3) is 10.9 Å². The van der Waals surface area contributed by atoms with Gasteiger partial charge in [-0.3, -0.25) is 4.79 Å². The van der Waals surface area contributed by atoms with Gasteiger partial charge in [-0.15, -0.1) is 0 Å². The summed E-state index contributed by atoms with van der Waals surface area (Å²) in [6.45, 7) is 0. The van der Waals surface area contributed by atoms with E-state index in [-0.39, 0.29) is 23.2 Å². The number of aromatic amines is 1. The number of nitrogens with zero attached hydrogens (tertiary/aromatic N) is 1. The van der Waals surface area contributed by atoms with Gasteiger partial charge in [0.05, 0.1) is 26.0 Å². The van der Waals surface area contributed by atoms with E-state index < -0.39 is 0 Å². The zero-order valence-corrected chi connectivity index (χ0v) is 13.7. The minimum Gasteiger partial charge on any atom is -0.502 e. The second kappa shape index (κ2) is 6.96. The standard InChI is InChI=1S/C18H17N3O4/c1-24-15-7-11(8-16(25-2)17(15)22)9-20-21-18(23)13-10-19-14-6-4-3-5-12(13)14/h3-10,19,22H,1-2H3,(H,21,23)/b20-9+. The number of phenols is 1. The molecule has 3 rings (SSSR count). The first-order chi connectivity index (χ1) is 12.1. The smallest absolute Gasteiger partial charge is 0.273 e. The molecule has 7 heteroatoms. The van der Waals surface area contributed by atoms with Gasteiger partial charge in [0.25, 0.3) is 5.91 Å². The van der Waals surface area contributed by atoms with E-state index in [4.69, 9.17) is 9.47 Å². The summed E-state index contributed by atoms with van der Waals surface area (Å²) in [4.78, 5) is 15.3. The third kappa shape index (κ3) is 3.25. The van der Waals surface area contributed by atoms with Crippen LogP contribution in [0.3, 0.4) is 0 Å². The number of para-hydroxylation sites is 1. The highest BCUT2D eigenvalue weighted by molar-refractivity contribution is 6.06. The first-order valence-electron chi connectivity index (χ1n) is 7.48. The van der Waals surface area contributed by atoms with Gasteiger partial charge < -0.3 is 19.6 Å². The molecule has 0 saturated carbocycles. The Bertz CT molecular complexity index is 921. The van der Waals surface area contributed by atoms with Gasteiger partial charge in [-0.25, -0.2) is 5.43 Å². The topological polar surface area (TPSA) is 95.9 Å². The number of carbonyl (C=O) groups excluding carboxylic acids is 1. The van der Waals surface area contributed by atoms with Crippen molar-refractivity contribution in [1.82, 2.24) is 10.4 Å². The van der Waals surface area contributed by atoms with Crippen LogP contribution in [0, 0.1) is 0 Å². The van der Waals surface area contributed by atoms with Gasteiger partial charge in [-0.05, 0) is 18.2 Å². The van der Waals surface area contributed by atoms with Crippen LogP contribution in [0.15, 0.2) is 47.7 Å². The Labute approximate surface area is 143 Å². The van der Waals surface area contributed by atoms with Crippen molar-refractivity contribution >= 4 is 23.0 Å². The molecule has 3 N–H and O–H groups in total. The number of phenolic OH excluding ortho intramolecular Hbond substituents is 1. The van der Waals surface area contributed by atoms with Crippen LogP contribution in [0.4, 0.5) is 0 Å². The minimum absolute atomic E-state index is 0.0926. The van der Waals surface area contributed by atoms with Gasteiger partial charge in [-0.2, -0.15) is 5.10 Å². The van der Waals surface area contributed by atoms with Crippen LogP contribution in [-0.4, -0.2) is 36.4 Å². The van der Waals surface area contributed by atoms with Gasteiger partial charge in [0.2, 0.25) is 5.75 Å². The highest BCUT2D eigenvalue weighted by Gasteiger charge is 2.12. The summed E-state index contributed by atoms with van der Waals surface area (Å²) in [6.07, 6.45) is 3.08.